The first kappa shape index (κ1) is 20.3. The number of ketones is 1. The Balaban J connectivity index is 1.77. The SMILES string of the molecule is Cc1cccc(-n2nc(C)c3c2NC2=C(C(=O)CC(C)(C)C2)C3c2cccc(Br)c2)c1. The highest BCUT2D eigenvalue weighted by Gasteiger charge is 2.43. The smallest absolute Gasteiger partial charge is 0.162 e. The normalized spacial score (nSPS) is 19.6. The van der Waals surface area contributed by atoms with Crippen molar-refractivity contribution in [2.24, 2.45) is 5.41 Å². The van der Waals surface area contributed by atoms with E-state index in [1.165, 1.54) is 5.56 Å². The van der Waals surface area contributed by atoms with E-state index in [1.54, 1.807) is 0 Å². The lowest BCUT2D eigenvalue weighted by atomic mass is 9.69. The summed E-state index contributed by atoms with van der Waals surface area (Å²) in [5, 5.41) is 8.58. The second kappa shape index (κ2) is 7.20. The number of Topliss-reactive ketones (excluding diaryl/α,β-unsaturated/α-hetero) is 1. The molecule has 31 heavy (non-hydrogen) atoms. The molecule has 158 valence electrons. The van der Waals surface area contributed by atoms with Crippen LogP contribution in [0.5, 0.6) is 0 Å². The maximum absolute atomic E-state index is 13.4. The first-order valence-corrected chi connectivity index (χ1v) is 11.5. The Morgan fingerprint density at radius 1 is 1.10 bits per heavy atom. The first-order chi connectivity index (χ1) is 14.7. The molecule has 2 heterocycles. The molecular weight excluding hydrogens is 450 g/mol. The number of aromatic nitrogens is 2. The molecule has 2 aromatic carbocycles. The lowest BCUT2D eigenvalue weighted by Crippen LogP contribution is -2.34. The molecule has 5 heteroatoms. The first-order valence-electron chi connectivity index (χ1n) is 10.7. The molecule has 0 fully saturated rings. The quantitative estimate of drug-likeness (QED) is 0.462. The van der Waals surface area contributed by atoms with E-state index in [0.717, 1.165) is 50.5 Å². The zero-order valence-corrected chi connectivity index (χ0v) is 19.9. The molecule has 1 aromatic heterocycles. The molecule has 0 amide bonds. The molecule has 0 saturated carbocycles. The third-order valence-electron chi connectivity index (χ3n) is 6.30. The highest BCUT2D eigenvalue weighted by Crippen LogP contribution is 2.50. The van der Waals surface area contributed by atoms with E-state index in [9.17, 15) is 4.79 Å². The molecule has 4 nitrogen and oxygen atoms in total. The maximum atomic E-state index is 13.4. The second-order valence-corrected chi connectivity index (χ2v) is 10.5. The maximum Gasteiger partial charge on any atom is 0.162 e. The highest BCUT2D eigenvalue weighted by atomic mass is 79.9. The summed E-state index contributed by atoms with van der Waals surface area (Å²) in [6.45, 7) is 8.47. The molecule has 0 radical (unpaired) electrons. The molecule has 0 bridgehead atoms. The van der Waals surface area contributed by atoms with Gasteiger partial charge in [0.05, 0.1) is 11.4 Å². The number of fused-ring (bicyclic) bond motifs is 1. The van der Waals surface area contributed by atoms with Crippen LogP contribution in [-0.2, 0) is 4.79 Å². The van der Waals surface area contributed by atoms with Gasteiger partial charge in [0.2, 0.25) is 0 Å². The van der Waals surface area contributed by atoms with E-state index in [0.29, 0.717) is 6.42 Å². The van der Waals surface area contributed by atoms with Crippen LogP contribution in [0.1, 0.15) is 55.0 Å². The number of benzene rings is 2. The van der Waals surface area contributed by atoms with E-state index < -0.39 is 0 Å². The Labute approximate surface area is 191 Å². The van der Waals surface area contributed by atoms with Gasteiger partial charge in [0.1, 0.15) is 5.82 Å². The predicted octanol–water partition coefficient (Wildman–Crippen LogP) is 6.45. The van der Waals surface area contributed by atoms with Gasteiger partial charge in [-0.2, -0.15) is 5.10 Å². The number of hydrogen-bond acceptors (Lipinski definition) is 3. The Morgan fingerprint density at radius 3 is 2.61 bits per heavy atom. The largest absolute Gasteiger partial charge is 0.343 e. The number of allylic oxidation sites excluding steroid dienone is 2. The van der Waals surface area contributed by atoms with Crippen LogP contribution in [0.4, 0.5) is 5.82 Å². The fraction of sp³-hybridized carbons (Fsp3) is 0.308. The third-order valence-corrected chi connectivity index (χ3v) is 6.79. The van der Waals surface area contributed by atoms with Crippen molar-refractivity contribution in [3.8, 4) is 5.69 Å². The number of rotatable bonds is 2. The van der Waals surface area contributed by atoms with Gasteiger partial charge < -0.3 is 5.32 Å². The highest BCUT2D eigenvalue weighted by molar-refractivity contribution is 9.10. The zero-order chi connectivity index (χ0) is 21.9. The van der Waals surface area contributed by atoms with Gasteiger partial charge in [-0.15, -0.1) is 0 Å². The van der Waals surface area contributed by atoms with Crippen molar-refractivity contribution in [1.29, 1.82) is 0 Å². The molecule has 1 aliphatic carbocycles. The van der Waals surface area contributed by atoms with E-state index in [4.69, 9.17) is 5.10 Å². The molecule has 0 saturated heterocycles. The minimum Gasteiger partial charge on any atom is -0.343 e. The van der Waals surface area contributed by atoms with E-state index in [2.05, 4.69) is 78.4 Å². The van der Waals surface area contributed by atoms with Gasteiger partial charge in [0, 0.05) is 33.6 Å². The van der Waals surface area contributed by atoms with Crippen LogP contribution >= 0.6 is 15.9 Å². The van der Waals surface area contributed by atoms with Gasteiger partial charge in [-0.05, 0) is 61.1 Å². The van der Waals surface area contributed by atoms with Crippen LogP contribution in [0.2, 0.25) is 0 Å². The molecule has 2 aliphatic rings. The fourth-order valence-corrected chi connectivity index (χ4v) is 5.46. The van der Waals surface area contributed by atoms with Crippen molar-refractivity contribution in [2.45, 2.75) is 46.5 Å². The van der Waals surface area contributed by atoms with Crippen molar-refractivity contribution in [2.75, 3.05) is 5.32 Å². The van der Waals surface area contributed by atoms with Crippen LogP contribution in [0.25, 0.3) is 5.69 Å². The van der Waals surface area contributed by atoms with Crippen molar-refractivity contribution < 1.29 is 4.79 Å². The standard InChI is InChI=1S/C26H26BrN3O/c1-15-7-5-10-19(11-15)30-25-22(16(2)29-30)23(17-8-6-9-18(27)12-17)24-20(28-25)13-26(3,4)14-21(24)31/h5-12,23,28H,13-14H2,1-4H3. The van der Waals surface area contributed by atoms with Gasteiger partial charge in [-0.3, -0.25) is 4.79 Å². The van der Waals surface area contributed by atoms with Gasteiger partial charge >= 0.3 is 0 Å². The summed E-state index contributed by atoms with van der Waals surface area (Å²) in [6.07, 6.45) is 1.41. The number of hydrogen-bond donors (Lipinski definition) is 1. The number of aryl methyl sites for hydroxylation is 2. The molecule has 1 unspecified atom stereocenters. The van der Waals surface area contributed by atoms with Crippen LogP contribution < -0.4 is 5.32 Å². The second-order valence-electron chi connectivity index (χ2n) is 9.54. The monoisotopic (exact) mass is 475 g/mol. The summed E-state index contributed by atoms with van der Waals surface area (Å²) in [4.78, 5) is 13.4. The molecule has 1 N–H and O–H groups in total. The number of nitrogens with one attached hydrogen (secondary N) is 1. The average Bonchev–Trinajstić information content (AvgIpc) is 3.02. The summed E-state index contributed by atoms with van der Waals surface area (Å²) in [5.41, 5.74) is 7.23. The van der Waals surface area contributed by atoms with Crippen molar-refractivity contribution >= 4 is 27.5 Å². The van der Waals surface area contributed by atoms with Crippen molar-refractivity contribution in [3.05, 3.63) is 86.7 Å². The minimum atomic E-state index is -0.120. The molecular formula is C26H26BrN3O. The Bertz CT molecular complexity index is 1250. The fourth-order valence-electron chi connectivity index (χ4n) is 5.04. The number of carbonyl (C=O) groups excluding carboxylic acids is 1. The van der Waals surface area contributed by atoms with Crippen LogP contribution in [0.15, 0.2) is 64.3 Å². The molecule has 3 aromatic rings. The molecule has 1 atom stereocenters. The lowest BCUT2D eigenvalue weighted by Gasteiger charge is -2.38. The molecule has 1 aliphatic heterocycles. The van der Waals surface area contributed by atoms with Gasteiger partial charge in [-0.1, -0.05) is 54.0 Å². The third kappa shape index (κ3) is 3.45. The van der Waals surface area contributed by atoms with E-state index >= 15 is 0 Å². The van der Waals surface area contributed by atoms with Gasteiger partial charge in [-0.25, -0.2) is 4.68 Å². The Kier molecular flexibility index (Phi) is 4.70. The van der Waals surface area contributed by atoms with Gasteiger partial charge in [0.25, 0.3) is 0 Å². The van der Waals surface area contributed by atoms with Crippen molar-refractivity contribution in [3.63, 3.8) is 0 Å². The summed E-state index contributed by atoms with van der Waals surface area (Å²) in [6, 6.07) is 16.7. The molecule has 5 rings (SSSR count). The van der Waals surface area contributed by atoms with Crippen molar-refractivity contribution in [1.82, 2.24) is 9.78 Å². The number of anilines is 1. The zero-order valence-electron chi connectivity index (χ0n) is 18.3. The molecule has 0 spiro atoms. The summed E-state index contributed by atoms with van der Waals surface area (Å²) >= 11 is 3.62. The number of halogens is 1. The number of carbonyl (C=O) groups is 1. The van der Waals surface area contributed by atoms with Crippen LogP contribution in [0, 0.1) is 19.3 Å². The Hall–Kier alpha value is -2.66. The summed E-state index contributed by atoms with van der Waals surface area (Å²) < 4.78 is 3.01. The van der Waals surface area contributed by atoms with Crippen LogP contribution in [-0.4, -0.2) is 15.6 Å². The Morgan fingerprint density at radius 2 is 1.87 bits per heavy atom. The summed E-state index contributed by atoms with van der Waals surface area (Å²) in [5.74, 6) is 1.08. The number of nitrogens with zero attached hydrogens (tertiary/aromatic N) is 2. The van der Waals surface area contributed by atoms with Crippen LogP contribution in [0.3, 0.4) is 0 Å². The average molecular weight is 476 g/mol. The predicted molar refractivity (Wildman–Crippen MR) is 128 cm³/mol. The van der Waals surface area contributed by atoms with Gasteiger partial charge in [0.15, 0.2) is 5.78 Å². The van der Waals surface area contributed by atoms with E-state index in [1.807, 2.05) is 23.7 Å². The summed E-state index contributed by atoms with van der Waals surface area (Å²) in [7, 11) is 0. The lowest BCUT2D eigenvalue weighted by molar-refractivity contribution is -0.118. The minimum absolute atomic E-state index is 0.0640. The van der Waals surface area contributed by atoms with E-state index in [-0.39, 0.29) is 17.1 Å². The topological polar surface area (TPSA) is 46.9 Å².